The Bertz CT molecular complexity index is 270. The maximum Gasteiger partial charge on any atom is 0.312 e. The van der Waals surface area contributed by atoms with Crippen LogP contribution in [0.5, 0.6) is 0 Å². The van der Waals surface area contributed by atoms with Crippen LogP contribution in [0, 0.1) is 5.92 Å². The van der Waals surface area contributed by atoms with E-state index in [9.17, 15) is 9.59 Å². The number of nitrogens with two attached hydrogens (primary N) is 1. The predicted octanol–water partition coefficient (Wildman–Crippen LogP) is -1.71. The highest BCUT2D eigenvalue weighted by Crippen LogP contribution is 2.23. The van der Waals surface area contributed by atoms with Gasteiger partial charge < -0.3 is 21.1 Å². The minimum absolute atomic E-state index is 0.100. The largest absolute Gasteiger partial charge is 0.394 e. The van der Waals surface area contributed by atoms with Crippen molar-refractivity contribution in [2.75, 3.05) is 26.2 Å². The summed E-state index contributed by atoms with van der Waals surface area (Å²) in [5.41, 5.74) is 5.23. The molecule has 1 fully saturated rings. The van der Waals surface area contributed by atoms with Crippen molar-refractivity contribution in [3.8, 4) is 0 Å². The molecule has 2 atom stereocenters. The Balaban J connectivity index is 2.56. The summed E-state index contributed by atoms with van der Waals surface area (Å²) < 4.78 is 0. The van der Waals surface area contributed by atoms with Gasteiger partial charge in [-0.25, -0.2) is 0 Å². The van der Waals surface area contributed by atoms with Crippen LogP contribution in [0.15, 0.2) is 0 Å². The molecule has 0 aromatic rings. The molecule has 1 heterocycles. The van der Waals surface area contributed by atoms with Crippen molar-refractivity contribution < 1.29 is 14.7 Å². The van der Waals surface area contributed by atoms with Gasteiger partial charge in [-0.05, 0) is 12.3 Å². The van der Waals surface area contributed by atoms with E-state index in [0.717, 1.165) is 6.42 Å². The topological polar surface area (TPSA) is 95.7 Å². The normalized spacial score (nSPS) is 24.6. The number of aliphatic hydroxyl groups excluding tert-OH is 1. The van der Waals surface area contributed by atoms with E-state index >= 15 is 0 Å². The Labute approximate surface area is 94.8 Å². The second kappa shape index (κ2) is 5.81. The number of nitrogens with zero attached hydrogens (tertiary/aromatic N) is 1. The molecule has 1 aliphatic rings. The van der Waals surface area contributed by atoms with E-state index in [4.69, 9.17) is 10.8 Å². The zero-order chi connectivity index (χ0) is 12.1. The van der Waals surface area contributed by atoms with Gasteiger partial charge in [0.2, 0.25) is 0 Å². The monoisotopic (exact) mass is 229 g/mol. The molecule has 1 aliphatic heterocycles. The van der Waals surface area contributed by atoms with Crippen LogP contribution < -0.4 is 11.1 Å². The van der Waals surface area contributed by atoms with E-state index in [1.54, 1.807) is 0 Å². The molecule has 0 aromatic carbocycles. The van der Waals surface area contributed by atoms with Gasteiger partial charge in [0.25, 0.3) is 0 Å². The van der Waals surface area contributed by atoms with E-state index in [1.165, 1.54) is 4.90 Å². The standard InChI is InChI=1S/C10H19N3O3/c1-7-2-5-13(8(7)6-14)10(16)9(15)12-4-3-11/h7-8,14H,2-6,11H2,1H3,(H,12,15). The Morgan fingerprint density at radius 1 is 1.56 bits per heavy atom. The highest BCUT2D eigenvalue weighted by molar-refractivity contribution is 6.35. The van der Waals surface area contributed by atoms with Crippen molar-refractivity contribution in [1.82, 2.24) is 10.2 Å². The summed E-state index contributed by atoms with van der Waals surface area (Å²) in [5.74, 6) is -0.980. The minimum atomic E-state index is -0.641. The summed E-state index contributed by atoms with van der Waals surface area (Å²) in [4.78, 5) is 24.6. The molecule has 6 nitrogen and oxygen atoms in total. The third-order valence-electron chi connectivity index (χ3n) is 2.95. The molecule has 1 rings (SSSR count). The van der Waals surface area contributed by atoms with Crippen LogP contribution in [0.25, 0.3) is 0 Å². The summed E-state index contributed by atoms with van der Waals surface area (Å²) in [6, 6.07) is -0.240. The maximum absolute atomic E-state index is 11.7. The van der Waals surface area contributed by atoms with Gasteiger partial charge in [0.05, 0.1) is 12.6 Å². The van der Waals surface area contributed by atoms with Crippen molar-refractivity contribution in [1.29, 1.82) is 0 Å². The average Bonchev–Trinajstić information content (AvgIpc) is 2.66. The lowest BCUT2D eigenvalue weighted by Crippen LogP contribution is -2.48. The Morgan fingerprint density at radius 2 is 2.25 bits per heavy atom. The number of aliphatic hydroxyl groups is 1. The molecule has 92 valence electrons. The van der Waals surface area contributed by atoms with E-state index in [0.29, 0.717) is 13.1 Å². The van der Waals surface area contributed by atoms with Crippen LogP contribution in [-0.4, -0.2) is 54.1 Å². The highest BCUT2D eigenvalue weighted by atomic mass is 16.3. The molecule has 0 radical (unpaired) electrons. The number of hydrogen-bond acceptors (Lipinski definition) is 4. The van der Waals surface area contributed by atoms with Crippen molar-refractivity contribution in [3.63, 3.8) is 0 Å². The molecule has 16 heavy (non-hydrogen) atoms. The molecule has 6 heteroatoms. The van der Waals surface area contributed by atoms with Crippen LogP contribution >= 0.6 is 0 Å². The first-order chi connectivity index (χ1) is 7.61. The molecule has 1 saturated heterocycles. The van der Waals surface area contributed by atoms with Gasteiger partial charge in [-0.15, -0.1) is 0 Å². The number of rotatable bonds is 3. The molecule has 0 bridgehead atoms. The van der Waals surface area contributed by atoms with Crippen molar-refractivity contribution in [2.24, 2.45) is 11.7 Å². The number of carbonyl (C=O) groups is 2. The van der Waals surface area contributed by atoms with Crippen molar-refractivity contribution in [3.05, 3.63) is 0 Å². The number of carbonyl (C=O) groups excluding carboxylic acids is 2. The van der Waals surface area contributed by atoms with Gasteiger partial charge in [-0.2, -0.15) is 0 Å². The molecule has 0 aromatic heterocycles. The van der Waals surface area contributed by atoms with Gasteiger partial charge in [0, 0.05) is 19.6 Å². The summed E-state index contributed by atoms with van der Waals surface area (Å²) in [6.45, 7) is 2.99. The minimum Gasteiger partial charge on any atom is -0.394 e. The molecule has 2 unspecified atom stereocenters. The van der Waals surface area contributed by atoms with Crippen LogP contribution in [0.2, 0.25) is 0 Å². The Morgan fingerprint density at radius 3 is 2.81 bits per heavy atom. The summed E-state index contributed by atoms with van der Waals surface area (Å²) >= 11 is 0. The van der Waals surface area contributed by atoms with Crippen LogP contribution in [-0.2, 0) is 9.59 Å². The average molecular weight is 229 g/mol. The second-order valence-electron chi connectivity index (χ2n) is 4.06. The lowest BCUT2D eigenvalue weighted by molar-refractivity contribution is -0.147. The molecular formula is C10H19N3O3. The fraction of sp³-hybridized carbons (Fsp3) is 0.800. The smallest absolute Gasteiger partial charge is 0.312 e. The molecule has 0 spiro atoms. The lowest BCUT2D eigenvalue weighted by Gasteiger charge is -2.24. The SMILES string of the molecule is CC1CCN(C(=O)C(=O)NCCN)C1CO. The molecule has 0 aliphatic carbocycles. The molecular weight excluding hydrogens is 210 g/mol. The van der Waals surface area contributed by atoms with Gasteiger partial charge in [0.15, 0.2) is 0 Å². The second-order valence-corrected chi connectivity index (χ2v) is 4.06. The first-order valence-corrected chi connectivity index (χ1v) is 5.51. The number of hydrogen-bond donors (Lipinski definition) is 3. The summed E-state index contributed by atoms with van der Waals surface area (Å²) in [7, 11) is 0. The quantitative estimate of drug-likeness (QED) is 0.502. The highest BCUT2D eigenvalue weighted by Gasteiger charge is 2.36. The Hall–Kier alpha value is -1.14. The molecule has 4 N–H and O–H groups in total. The third-order valence-corrected chi connectivity index (χ3v) is 2.95. The van der Waals surface area contributed by atoms with Gasteiger partial charge in [-0.3, -0.25) is 9.59 Å². The number of amides is 2. The van der Waals surface area contributed by atoms with Crippen LogP contribution in [0.4, 0.5) is 0 Å². The third kappa shape index (κ3) is 2.70. The summed E-state index contributed by atoms with van der Waals surface area (Å²) in [6.07, 6.45) is 0.821. The first kappa shape index (κ1) is 12.9. The molecule has 0 saturated carbocycles. The van der Waals surface area contributed by atoms with Gasteiger partial charge in [-0.1, -0.05) is 6.92 Å². The maximum atomic E-state index is 11.7. The number of nitrogens with one attached hydrogen (secondary N) is 1. The fourth-order valence-electron chi connectivity index (χ4n) is 1.93. The van der Waals surface area contributed by atoms with E-state index in [-0.39, 0.29) is 25.1 Å². The first-order valence-electron chi connectivity index (χ1n) is 5.51. The van der Waals surface area contributed by atoms with E-state index in [1.807, 2.05) is 6.92 Å². The van der Waals surface area contributed by atoms with Gasteiger partial charge in [0.1, 0.15) is 0 Å². The van der Waals surface area contributed by atoms with Crippen LogP contribution in [0.1, 0.15) is 13.3 Å². The van der Waals surface area contributed by atoms with Crippen LogP contribution in [0.3, 0.4) is 0 Å². The van der Waals surface area contributed by atoms with Gasteiger partial charge >= 0.3 is 11.8 Å². The fourth-order valence-corrected chi connectivity index (χ4v) is 1.93. The lowest BCUT2D eigenvalue weighted by atomic mass is 10.0. The zero-order valence-electron chi connectivity index (χ0n) is 9.48. The summed E-state index contributed by atoms with van der Waals surface area (Å²) in [5, 5.41) is 11.6. The zero-order valence-corrected chi connectivity index (χ0v) is 9.48. The molecule has 2 amide bonds. The van der Waals surface area contributed by atoms with Crippen molar-refractivity contribution in [2.45, 2.75) is 19.4 Å². The Kier molecular flexibility index (Phi) is 4.70. The van der Waals surface area contributed by atoms with Crippen molar-refractivity contribution >= 4 is 11.8 Å². The predicted molar refractivity (Wildman–Crippen MR) is 58.4 cm³/mol. The van der Waals surface area contributed by atoms with E-state index < -0.39 is 11.8 Å². The van der Waals surface area contributed by atoms with E-state index in [2.05, 4.69) is 5.32 Å². The number of likely N-dealkylation sites (tertiary alicyclic amines) is 1.